The minimum atomic E-state index is -1.68. The van der Waals surface area contributed by atoms with Crippen LogP contribution in [0.25, 0.3) is 0 Å². The average Bonchev–Trinajstić information content (AvgIpc) is 2.57. The number of anilines is 1. The van der Waals surface area contributed by atoms with Crippen LogP contribution in [0, 0.1) is 6.92 Å². The summed E-state index contributed by atoms with van der Waals surface area (Å²) in [5.74, 6) is 0. The summed E-state index contributed by atoms with van der Waals surface area (Å²) < 4.78 is 0. The molecule has 0 fully saturated rings. The summed E-state index contributed by atoms with van der Waals surface area (Å²) in [4.78, 5) is 3.86. The molecule has 1 aliphatic rings. The Morgan fingerprint density at radius 2 is 1.41 bits per heavy atom. The van der Waals surface area contributed by atoms with Gasteiger partial charge in [-0.2, -0.15) is 0 Å². The maximum Gasteiger partial charge on any atom is 0.161 e. The normalized spacial score (nSPS) is 21.0. The molecule has 0 amide bonds. The fraction of sp³-hybridized carbons (Fsp3) is 0.444. The molecule has 1 aromatic carbocycles. The van der Waals surface area contributed by atoms with E-state index in [1.54, 1.807) is 0 Å². The van der Waals surface area contributed by atoms with Gasteiger partial charge in [-0.1, -0.05) is 54.9 Å². The zero-order valence-corrected chi connectivity index (χ0v) is 16.9. The molecule has 0 aliphatic heterocycles. The average molecular weight is 299 g/mol. The van der Waals surface area contributed by atoms with Gasteiger partial charge in [0.15, 0.2) is 8.24 Å². The number of hydrogen-bond donors (Lipinski definition) is 1. The Labute approximate surface area is 161 Å². The van der Waals surface area contributed by atoms with Crippen molar-refractivity contribution in [2.45, 2.75) is 52.8 Å². The van der Waals surface area contributed by atoms with Gasteiger partial charge in [0.05, 0.1) is 0 Å². The molecule has 0 heterocycles. The Bertz CT molecular complexity index is 588. The van der Waals surface area contributed by atoms with Crippen LogP contribution in [0.2, 0.25) is 18.1 Å². The van der Waals surface area contributed by atoms with Gasteiger partial charge in [-0.3, -0.25) is 0 Å². The van der Waals surface area contributed by atoms with Gasteiger partial charge in [-0.05, 0) is 45.4 Å². The molecular weight excluding hydrogens is 272 g/mol. The van der Waals surface area contributed by atoms with Gasteiger partial charge in [0, 0.05) is 48.4 Å². The van der Waals surface area contributed by atoms with E-state index in [0.29, 0.717) is 0 Å². The van der Waals surface area contributed by atoms with Crippen LogP contribution >= 0.6 is 0 Å². The van der Waals surface area contributed by atoms with Crippen LogP contribution in [0.4, 0.5) is 5.69 Å². The summed E-state index contributed by atoms with van der Waals surface area (Å²) in [6.45, 7) is 16.2. The van der Waals surface area contributed by atoms with Crippen LogP contribution in [0.1, 0.15) is 33.3 Å². The van der Waals surface area contributed by atoms with Crippen molar-refractivity contribution in [3.63, 3.8) is 0 Å². The molecule has 110 valence electrons. The van der Waals surface area contributed by atoms with Gasteiger partial charge in [0.2, 0.25) is 0 Å². The van der Waals surface area contributed by atoms with E-state index in [-0.39, 0.29) is 42.8 Å². The van der Waals surface area contributed by atoms with E-state index < -0.39 is 8.24 Å². The van der Waals surface area contributed by atoms with Crippen molar-refractivity contribution < 1.29 is 0 Å². The Kier molecular flexibility index (Phi) is 7.62. The molecule has 0 saturated heterocycles. The maximum atomic E-state index is 3.86. The zero-order valence-electron chi connectivity index (χ0n) is 15.9. The van der Waals surface area contributed by atoms with Crippen molar-refractivity contribution in [1.29, 1.82) is 0 Å². The molecule has 4 heteroatoms. The summed E-state index contributed by atoms with van der Waals surface area (Å²) in [7, 11) is -1.68. The molecule has 1 unspecified atom stereocenters. The molecular formula is C18H27Li2NSi. The minimum Gasteiger partial charge on any atom is -0.410 e. The van der Waals surface area contributed by atoms with Gasteiger partial charge in [0.1, 0.15) is 0 Å². The first-order chi connectivity index (χ1) is 9.17. The molecule has 1 nitrogen and oxygen atoms in total. The van der Waals surface area contributed by atoms with Gasteiger partial charge >= 0.3 is 0 Å². The van der Waals surface area contributed by atoms with Gasteiger partial charge in [0.25, 0.3) is 0 Å². The van der Waals surface area contributed by atoms with Crippen molar-refractivity contribution in [3.05, 3.63) is 52.6 Å². The van der Waals surface area contributed by atoms with Crippen molar-refractivity contribution in [2.24, 2.45) is 0 Å². The van der Waals surface area contributed by atoms with Crippen molar-refractivity contribution in [3.8, 4) is 0 Å². The molecule has 1 aromatic rings. The molecule has 22 heavy (non-hydrogen) atoms. The summed E-state index contributed by atoms with van der Waals surface area (Å²) >= 11 is 0. The number of rotatable bonds is 3. The third-order valence-corrected chi connectivity index (χ3v) is 9.27. The third-order valence-electron chi connectivity index (χ3n) is 5.24. The third kappa shape index (κ3) is 3.87. The van der Waals surface area contributed by atoms with Crippen LogP contribution < -0.4 is 4.98 Å². The maximum absolute atomic E-state index is 3.86. The second kappa shape index (κ2) is 7.65. The largest absolute Gasteiger partial charge is 0.410 e. The van der Waals surface area contributed by atoms with E-state index >= 15 is 0 Å². The first kappa shape index (κ1) is 21.9. The minimum absolute atomic E-state index is 0. The Balaban J connectivity index is 0.00000220. The van der Waals surface area contributed by atoms with Gasteiger partial charge in [-0.25, -0.2) is 0 Å². The van der Waals surface area contributed by atoms with Crippen LogP contribution in [-0.4, -0.2) is 46.0 Å². The van der Waals surface area contributed by atoms with Crippen LogP contribution in [0.15, 0.2) is 47.1 Å². The molecule has 2 rings (SSSR count). The molecule has 1 aliphatic carbocycles. The number of nitrogens with one attached hydrogen (secondary N) is 1. The Morgan fingerprint density at radius 1 is 0.909 bits per heavy atom. The van der Waals surface area contributed by atoms with E-state index in [1.165, 1.54) is 28.0 Å². The molecule has 0 bridgehead atoms. The second-order valence-corrected chi connectivity index (χ2v) is 11.4. The first-order valence-electron chi connectivity index (χ1n) is 7.40. The molecule has 1 atom stereocenters. The van der Waals surface area contributed by atoms with Crippen LogP contribution in [0.5, 0.6) is 0 Å². The van der Waals surface area contributed by atoms with E-state index in [4.69, 9.17) is 0 Å². The van der Waals surface area contributed by atoms with Crippen LogP contribution in [0.3, 0.4) is 0 Å². The predicted octanol–water partition coefficient (Wildman–Crippen LogP) is 4.91. The van der Waals surface area contributed by atoms with Gasteiger partial charge < -0.3 is 4.98 Å². The van der Waals surface area contributed by atoms with E-state index in [9.17, 15) is 0 Å². The number of allylic oxidation sites excluding steroid dienone is 4. The van der Waals surface area contributed by atoms with Crippen molar-refractivity contribution in [2.75, 3.05) is 4.98 Å². The number of hydrogen-bond acceptors (Lipinski definition) is 1. The summed E-state index contributed by atoms with van der Waals surface area (Å²) in [5.41, 5.74) is 7.00. The van der Waals surface area contributed by atoms with E-state index in [1.807, 2.05) is 0 Å². The quantitative estimate of drug-likeness (QED) is 0.782. The first-order valence-corrected chi connectivity index (χ1v) is 10.4. The predicted molar refractivity (Wildman–Crippen MR) is 104 cm³/mol. The van der Waals surface area contributed by atoms with Crippen LogP contribution in [-0.2, 0) is 0 Å². The number of benzene rings is 1. The monoisotopic (exact) mass is 299 g/mol. The fourth-order valence-electron chi connectivity index (χ4n) is 3.11. The molecule has 0 saturated carbocycles. The molecule has 0 aromatic heterocycles. The van der Waals surface area contributed by atoms with Gasteiger partial charge in [-0.15, -0.1) is 0 Å². The summed E-state index contributed by atoms with van der Waals surface area (Å²) in [6, 6.07) is 8.76. The zero-order chi connectivity index (χ0) is 15.1. The van der Waals surface area contributed by atoms with Crippen molar-refractivity contribution >= 4 is 51.6 Å². The summed E-state index contributed by atoms with van der Waals surface area (Å²) in [5, 5.41) is 0.187. The standard InChI is InChI=1S/C18H27NSi.2Li/c1-13-8-10-17(11-9-13)19-20(6,7)18(5)12-14(2)15(3)16(18)4;;/h8-12,19H,1-7H3;;. The Morgan fingerprint density at radius 3 is 1.82 bits per heavy atom. The van der Waals surface area contributed by atoms with E-state index in [0.717, 1.165) is 0 Å². The molecule has 2 radical (unpaired) electrons. The van der Waals surface area contributed by atoms with Crippen molar-refractivity contribution in [1.82, 2.24) is 0 Å². The number of aryl methyl sites for hydroxylation is 1. The van der Waals surface area contributed by atoms with E-state index in [2.05, 4.69) is 83.0 Å². The Hall–Kier alpha value is -0.0883. The molecule has 0 spiro atoms. The summed E-state index contributed by atoms with van der Waals surface area (Å²) in [6.07, 6.45) is 2.48. The topological polar surface area (TPSA) is 12.0 Å². The SMILES string of the molecule is CC1=CC(C)([Si](C)(C)Nc2ccc(C)cc2)C(C)=C1C.[Li].[Li]. The molecule has 1 N–H and O–H groups in total. The second-order valence-electron chi connectivity index (χ2n) is 6.90. The smallest absolute Gasteiger partial charge is 0.161 e. The fourth-order valence-corrected chi connectivity index (χ4v) is 5.96.